The number of nitrogens with one attached hydrogen (secondary N) is 1. The third-order valence-electron chi connectivity index (χ3n) is 4.09. The molecule has 0 aliphatic heterocycles. The van der Waals surface area contributed by atoms with Crippen molar-refractivity contribution in [2.75, 3.05) is 7.11 Å². The van der Waals surface area contributed by atoms with Crippen molar-refractivity contribution >= 4 is 5.91 Å². The molecule has 3 aromatic rings. The summed E-state index contributed by atoms with van der Waals surface area (Å²) in [6.45, 7) is 3.99. The first-order valence-electron chi connectivity index (χ1n) is 8.77. The summed E-state index contributed by atoms with van der Waals surface area (Å²) in [5.41, 5.74) is 1.59. The van der Waals surface area contributed by atoms with Crippen molar-refractivity contribution in [2.45, 2.75) is 32.2 Å². The number of hydrogen-bond donors (Lipinski definition) is 1. The van der Waals surface area contributed by atoms with Crippen LogP contribution >= 0.6 is 0 Å². The molecule has 27 heavy (non-hydrogen) atoms. The summed E-state index contributed by atoms with van der Waals surface area (Å²) in [7, 11) is 1.61. The predicted octanol–water partition coefficient (Wildman–Crippen LogP) is 3.43. The van der Waals surface area contributed by atoms with Gasteiger partial charge >= 0.3 is 0 Å². The second kappa shape index (κ2) is 8.03. The molecule has 0 fully saturated rings. The van der Waals surface area contributed by atoms with Crippen molar-refractivity contribution in [3.05, 3.63) is 66.1 Å². The Balaban J connectivity index is 1.60. The normalized spacial score (nSPS) is 11.2. The van der Waals surface area contributed by atoms with Crippen molar-refractivity contribution in [3.63, 3.8) is 0 Å². The minimum Gasteiger partial charge on any atom is -0.497 e. The Morgan fingerprint density at radius 1 is 1.11 bits per heavy atom. The number of hydrogen-bond acceptors (Lipinski definition) is 5. The number of rotatable bonds is 7. The zero-order chi connectivity index (χ0) is 19.3. The molecule has 3 rings (SSSR count). The van der Waals surface area contributed by atoms with Crippen LogP contribution in [0.15, 0.2) is 59.1 Å². The highest BCUT2D eigenvalue weighted by atomic mass is 16.5. The lowest BCUT2D eigenvalue weighted by atomic mass is 9.95. The van der Waals surface area contributed by atoms with E-state index in [1.807, 2.05) is 68.4 Å². The van der Waals surface area contributed by atoms with E-state index in [0.29, 0.717) is 5.82 Å². The maximum absolute atomic E-state index is 12.4. The maximum Gasteiger partial charge on any atom is 0.236 e. The zero-order valence-corrected chi connectivity index (χ0v) is 15.7. The van der Waals surface area contributed by atoms with Crippen LogP contribution in [0.1, 0.15) is 25.3 Å². The Morgan fingerprint density at radius 2 is 1.81 bits per heavy atom. The van der Waals surface area contributed by atoms with Gasteiger partial charge < -0.3 is 14.6 Å². The molecule has 0 unspecified atom stereocenters. The average molecular weight is 365 g/mol. The smallest absolute Gasteiger partial charge is 0.236 e. The Hall–Kier alpha value is -3.15. The van der Waals surface area contributed by atoms with Gasteiger partial charge in [0.25, 0.3) is 0 Å². The highest BCUT2D eigenvalue weighted by Gasteiger charge is 2.22. The number of benzene rings is 2. The van der Waals surface area contributed by atoms with E-state index in [0.717, 1.165) is 17.7 Å². The van der Waals surface area contributed by atoms with Gasteiger partial charge in [-0.2, -0.15) is 4.98 Å². The predicted molar refractivity (Wildman–Crippen MR) is 102 cm³/mol. The number of nitrogens with zero attached hydrogens (tertiary/aromatic N) is 2. The second-order valence-electron chi connectivity index (χ2n) is 7.01. The summed E-state index contributed by atoms with van der Waals surface area (Å²) in [4.78, 5) is 16.7. The number of ether oxygens (including phenoxy) is 1. The van der Waals surface area contributed by atoms with E-state index >= 15 is 0 Å². The largest absolute Gasteiger partial charge is 0.497 e. The van der Waals surface area contributed by atoms with Crippen LogP contribution in [0, 0.1) is 0 Å². The van der Waals surface area contributed by atoms with Gasteiger partial charge in [-0.1, -0.05) is 35.5 Å². The molecule has 0 radical (unpaired) electrons. The molecule has 1 N–H and O–H groups in total. The third kappa shape index (κ3) is 5.17. The van der Waals surface area contributed by atoms with Gasteiger partial charge in [0.2, 0.25) is 17.6 Å². The second-order valence-corrected chi connectivity index (χ2v) is 7.01. The maximum atomic E-state index is 12.4. The molecule has 1 amide bonds. The molecule has 6 nitrogen and oxygen atoms in total. The van der Waals surface area contributed by atoms with Crippen molar-refractivity contribution in [2.24, 2.45) is 0 Å². The van der Waals surface area contributed by atoms with Crippen molar-refractivity contribution < 1.29 is 14.1 Å². The summed E-state index contributed by atoms with van der Waals surface area (Å²) < 4.78 is 10.4. The minimum absolute atomic E-state index is 0.0430. The van der Waals surface area contributed by atoms with Crippen LogP contribution in [0.4, 0.5) is 0 Å². The van der Waals surface area contributed by atoms with Gasteiger partial charge in [-0.15, -0.1) is 0 Å². The van der Waals surface area contributed by atoms with Crippen LogP contribution in [-0.4, -0.2) is 28.7 Å². The fraction of sp³-hybridized carbons (Fsp3) is 0.286. The Labute approximate surface area is 158 Å². The molecule has 0 saturated carbocycles. The van der Waals surface area contributed by atoms with E-state index in [2.05, 4.69) is 15.5 Å². The van der Waals surface area contributed by atoms with Crippen LogP contribution in [0.5, 0.6) is 5.75 Å². The van der Waals surface area contributed by atoms with Gasteiger partial charge in [-0.3, -0.25) is 4.79 Å². The van der Waals surface area contributed by atoms with Gasteiger partial charge in [0.15, 0.2) is 0 Å². The third-order valence-corrected chi connectivity index (χ3v) is 4.09. The molecular weight excluding hydrogens is 342 g/mol. The van der Waals surface area contributed by atoms with Crippen molar-refractivity contribution in [3.8, 4) is 17.1 Å². The molecular formula is C21H23N3O3. The first kappa shape index (κ1) is 18.6. The van der Waals surface area contributed by atoms with Crippen LogP contribution in [-0.2, 0) is 17.6 Å². The molecule has 6 heteroatoms. The molecule has 1 heterocycles. The number of aromatic nitrogens is 2. The Morgan fingerprint density at radius 3 is 2.48 bits per heavy atom. The van der Waals surface area contributed by atoms with E-state index in [1.54, 1.807) is 7.11 Å². The average Bonchev–Trinajstić information content (AvgIpc) is 3.10. The molecule has 0 aliphatic carbocycles. The number of amides is 1. The monoisotopic (exact) mass is 365 g/mol. The van der Waals surface area contributed by atoms with Crippen molar-refractivity contribution in [1.29, 1.82) is 0 Å². The topological polar surface area (TPSA) is 77.2 Å². The fourth-order valence-corrected chi connectivity index (χ4v) is 2.89. The van der Waals surface area contributed by atoms with E-state index in [4.69, 9.17) is 9.26 Å². The van der Waals surface area contributed by atoms with Crippen LogP contribution in [0.25, 0.3) is 11.4 Å². The summed E-state index contributed by atoms with van der Waals surface area (Å²) >= 11 is 0. The molecule has 0 bridgehead atoms. The highest BCUT2D eigenvalue weighted by molar-refractivity contribution is 5.78. The van der Waals surface area contributed by atoms with Gasteiger partial charge in [-0.25, -0.2) is 0 Å². The lowest BCUT2D eigenvalue weighted by molar-refractivity contribution is -0.122. The minimum atomic E-state index is -0.378. The lowest BCUT2D eigenvalue weighted by Crippen LogP contribution is -2.45. The Kier molecular flexibility index (Phi) is 5.54. The van der Waals surface area contributed by atoms with Crippen molar-refractivity contribution in [1.82, 2.24) is 15.5 Å². The first-order chi connectivity index (χ1) is 12.9. The van der Waals surface area contributed by atoms with Gasteiger partial charge in [0.1, 0.15) is 12.2 Å². The van der Waals surface area contributed by atoms with Gasteiger partial charge in [-0.05, 0) is 50.1 Å². The molecule has 0 aliphatic rings. The number of carbonyl (C=O) groups excluding carboxylic acids is 1. The summed E-state index contributed by atoms with van der Waals surface area (Å²) in [5.74, 6) is 1.33. The Bertz CT molecular complexity index is 887. The molecule has 0 atom stereocenters. The summed E-state index contributed by atoms with van der Waals surface area (Å²) in [5, 5.41) is 6.99. The van der Waals surface area contributed by atoms with Crippen LogP contribution < -0.4 is 10.1 Å². The van der Waals surface area contributed by atoms with Gasteiger partial charge in [0, 0.05) is 11.1 Å². The fourth-order valence-electron chi connectivity index (χ4n) is 2.89. The number of methoxy groups -OCH3 is 1. The first-order valence-corrected chi connectivity index (χ1v) is 8.77. The van der Waals surface area contributed by atoms with E-state index in [-0.39, 0.29) is 23.8 Å². The van der Waals surface area contributed by atoms with Crippen LogP contribution in [0.2, 0.25) is 0 Å². The molecule has 140 valence electrons. The highest BCUT2D eigenvalue weighted by Crippen LogP contribution is 2.20. The zero-order valence-electron chi connectivity index (χ0n) is 15.7. The van der Waals surface area contributed by atoms with E-state index in [9.17, 15) is 4.79 Å². The molecule has 0 spiro atoms. The number of carbonyl (C=O) groups is 1. The lowest BCUT2D eigenvalue weighted by Gasteiger charge is -2.26. The SMILES string of the molecule is COc1ccc(-c2noc(CC(=O)NC(C)(C)Cc3ccccc3)n2)cc1. The summed E-state index contributed by atoms with van der Waals surface area (Å²) in [6, 6.07) is 17.4. The standard InChI is InChI=1S/C21H23N3O3/c1-21(2,14-15-7-5-4-6-8-15)23-18(25)13-19-22-20(24-27-19)16-9-11-17(26-3)12-10-16/h4-12H,13-14H2,1-3H3,(H,23,25). The molecule has 1 aromatic heterocycles. The van der Waals surface area contributed by atoms with E-state index in [1.165, 1.54) is 5.56 Å². The molecule has 2 aromatic carbocycles. The summed E-state index contributed by atoms with van der Waals surface area (Å²) in [6.07, 6.45) is 0.780. The van der Waals surface area contributed by atoms with Crippen LogP contribution in [0.3, 0.4) is 0 Å². The quantitative estimate of drug-likeness (QED) is 0.694. The van der Waals surface area contributed by atoms with E-state index < -0.39 is 0 Å². The molecule has 0 saturated heterocycles. The van der Waals surface area contributed by atoms with Gasteiger partial charge in [0.05, 0.1) is 7.11 Å².